The highest BCUT2D eigenvalue weighted by Gasteiger charge is 2.60. The van der Waals surface area contributed by atoms with E-state index in [0.29, 0.717) is 0 Å². The van der Waals surface area contributed by atoms with E-state index >= 15 is 0 Å². The maximum absolute atomic E-state index is 12.7. The first-order valence-corrected chi connectivity index (χ1v) is 19.3. The number of aliphatic hydroxyl groups is 3. The third-order valence-corrected chi connectivity index (χ3v) is 12.2. The van der Waals surface area contributed by atoms with Gasteiger partial charge in [-0.15, -0.1) is 0 Å². The average molecular weight is 865 g/mol. The predicted octanol–water partition coefficient (Wildman–Crippen LogP) is 4.24. The van der Waals surface area contributed by atoms with Crippen LogP contribution in [0, 0.1) is 0 Å². The highest BCUT2D eigenvalue weighted by molar-refractivity contribution is 5.72. The molecule has 4 aliphatic heterocycles. The molecule has 0 unspecified atom stereocenters. The lowest BCUT2D eigenvalue weighted by Crippen LogP contribution is -2.57. The van der Waals surface area contributed by atoms with Crippen molar-refractivity contribution in [1.29, 1.82) is 0 Å². The summed E-state index contributed by atoms with van der Waals surface area (Å²) in [5, 5.41) is 155. The van der Waals surface area contributed by atoms with Crippen LogP contribution >= 0.6 is 0 Å². The van der Waals surface area contributed by atoms with Gasteiger partial charge in [-0.25, -0.2) is 0 Å². The lowest BCUT2D eigenvalue weighted by Gasteiger charge is -2.50. The van der Waals surface area contributed by atoms with Gasteiger partial charge in [-0.3, -0.25) is 0 Å². The second-order valence-corrected chi connectivity index (χ2v) is 15.9. The highest BCUT2D eigenvalue weighted by Crippen LogP contribution is 2.65. The van der Waals surface area contributed by atoms with Gasteiger partial charge in [0.2, 0.25) is 0 Å². The zero-order valence-corrected chi connectivity index (χ0v) is 32.1. The SMILES string of the molecule is Oc1cc(O)c2c(c1)O[C@]1(c3ccc(O)c(O)c3)Oc3cc4c(c(O)c3[C@H]2[C@H]1O)[C@@H](c1c(O)cc(O)c2c1O[C@H](c1ccc(O)c(O)c1)[C@H](O)C2)[C@H](O)[C@@H](c1ccc(O)c(O)c1)O4. The van der Waals surface area contributed by atoms with Crippen LogP contribution in [0.1, 0.15) is 68.6 Å². The monoisotopic (exact) mass is 864 g/mol. The van der Waals surface area contributed by atoms with E-state index < -0.39 is 111 Å². The summed E-state index contributed by atoms with van der Waals surface area (Å²) in [4.78, 5) is 0. The molecule has 6 aromatic rings. The van der Waals surface area contributed by atoms with Crippen molar-refractivity contribution >= 4 is 0 Å². The van der Waals surface area contributed by atoms with Crippen molar-refractivity contribution in [3.63, 3.8) is 0 Å². The molecular formula is C45H36O18. The molecule has 0 radical (unpaired) electrons. The molecule has 14 N–H and O–H groups in total. The first-order chi connectivity index (χ1) is 30.0. The van der Waals surface area contributed by atoms with Crippen LogP contribution in [0.3, 0.4) is 0 Å². The quantitative estimate of drug-likeness (QED) is 0.110. The molecule has 18 nitrogen and oxygen atoms in total. The maximum atomic E-state index is 12.7. The Morgan fingerprint density at radius 3 is 1.67 bits per heavy atom. The zero-order valence-electron chi connectivity index (χ0n) is 32.1. The predicted molar refractivity (Wildman–Crippen MR) is 212 cm³/mol. The molecule has 324 valence electrons. The van der Waals surface area contributed by atoms with Crippen molar-refractivity contribution in [3.05, 3.63) is 123 Å². The highest BCUT2D eigenvalue weighted by atomic mass is 16.7. The molecule has 0 saturated heterocycles. The summed E-state index contributed by atoms with van der Waals surface area (Å²) in [6.07, 6.45) is -8.22. The number of benzene rings is 6. The molecule has 2 bridgehead atoms. The summed E-state index contributed by atoms with van der Waals surface area (Å²) >= 11 is 0. The molecule has 18 heteroatoms. The summed E-state index contributed by atoms with van der Waals surface area (Å²) < 4.78 is 25.4. The average Bonchev–Trinajstić information content (AvgIpc) is 3.22. The molecule has 4 aliphatic rings. The van der Waals surface area contributed by atoms with Gasteiger partial charge < -0.3 is 90.4 Å². The Morgan fingerprint density at radius 1 is 0.460 bits per heavy atom. The van der Waals surface area contributed by atoms with E-state index in [1.807, 2.05) is 0 Å². The topological polar surface area (TPSA) is 320 Å². The molecular weight excluding hydrogens is 828 g/mol. The molecule has 0 saturated carbocycles. The number of ether oxygens (including phenoxy) is 4. The normalized spacial score (nSPS) is 25.2. The number of phenols is 11. The maximum Gasteiger partial charge on any atom is 0.305 e. The van der Waals surface area contributed by atoms with Crippen LogP contribution in [0.15, 0.2) is 78.9 Å². The fraction of sp³-hybridized carbons (Fsp3) is 0.200. The first-order valence-electron chi connectivity index (χ1n) is 19.3. The van der Waals surface area contributed by atoms with Gasteiger partial charge in [0, 0.05) is 64.1 Å². The van der Waals surface area contributed by atoms with Gasteiger partial charge in [-0.05, 0) is 53.6 Å². The van der Waals surface area contributed by atoms with E-state index in [-0.39, 0.29) is 73.9 Å². The van der Waals surface area contributed by atoms with Gasteiger partial charge in [-0.1, -0.05) is 12.1 Å². The van der Waals surface area contributed by atoms with Gasteiger partial charge in [0.05, 0.1) is 17.9 Å². The van der Waals surface area contributed by atoms with E-state index in [9.17, 15) is 71.5 Å². The number of hydrogen-bond donors (Lipinski definition) is 14. The molecule has 0 amide bonds. The van der Waals surface area contributed by atoms with Crippen LogP contribution in [0.5, 0.6) is 86.2 Å². The Hall–Kier alpha value is -7.80. The number of hydrogen-bond acceptors (Lipinski definition) is 18. The summed E-state index contributed by atoms with van der Waals surface area (Å²) in [5.41, 5.74) is -0.703. The fourth-order valence-corrected chi connectivity index (χ4v) is 9.31. The number of phenolic OH excluding ortho intramolecular Hbond substituents is 11. The van der Waals surface area contributed by atoms with E-state index in [1.54, 1.807) is 0 Å². The van der Waals surface area contributed by atoms with Gasteiger partial charge in [0.15, 0.2) is 40.6 Å². The van der Waals surface area contributed by atoms with E-state index in [4.69, 9.17) is 18.9 Å². The van der Waals surface area contributed by atoms with Gasteiger partial charge in [-0.2, -0.15) is 0 Å². The smallest absolute Gasteiger partial charge is 0.305 e. The number of fused-ring (bicyclic) bond motifs is 8. The molecule has 8 atom stereocenters. The molecule has 0 fully saturated rings. The molecule has 6 aromatic carbocycles. The van der Waals surface area contributed by atoms with Crippen molar-refractivity contribution in [3.8, 4) is 86.2 Å². The van der Waals surface area contributed by atoms with Crippen molar-refractivity contribution in [2.45, 2.75) is 54.6 Å². The standard InChI is InChI=1S/C45H36O18/c46-18-10-27(54)33-31(11-18)62-45(17-3-6-22(49)26(53)9-17)44(59)38(33)36-32(63-45)14-30-35(39(36)57)37(40(58)42(60-30)16-2-5-21(48)25(52)8-16)34-28(55)13-23(50)19-12-29(56)41(61-43(19)34)15-1-4-20(47)24(51)7-15/h1-11,13-14,29,37-38,40-42,44,46-59H,12H2/t29-,37-,38+,40+,41-,42-,44-,45-/m1/s1. The summed E-state index contributed by atoms with van der Waals surface area (Å²) in [5.74, 6) is -12.6. The van der Waals surface area contributed by atoms with Crippen LogP contribution in [0.2, 0.25) is 0 Å². The van der Waals surface area contributed by atoms with Crippen molar-refractivity contribution < 1.29 is 90.4 Å². The van der Waals surface area contributed by atoms with Crippen LogP contribution in [-0.2, 0) is 12.2 Å². The Bertz CT molecular complexity index is 2910. The van der Waals surface area contributed by atoms with Gasteiger partial charge >= 0.3 is 5.79 Å². The molecule has 63 heavy (non-hydrogen) atoms. The largest absolute Gasteiger partial charge is 0.508 e. The second kappa shape index (κ2) is 13.6. The molecule has 0 spiro atoms. The molecule has 10 rings (SSSR count). The van der Waals surface area contributed by atoms with Gasteiger partial charge in [0.25, 0.3) is 0 Å². The molecule has 4 heterocycles. The van der Waals surface area contributed by atoms with Crippen molar-refractivity contribution in [2.24, 2.45) is 0 Å². The summed E-state index contributed by atoms with van der Waals surface area (Å²) in [6.45, 7) is 0. The first kappa shape index (κ1) is 39.3. The van der Waals surface area contributed by atoms with Crippen LogP contribution in [0.4, 0.5) is 0 Å². The van der Waals surface area contributed by atoms with E-state index in [1.165, 1.54) is 24.3 Å². The van der Waals surface area contributed by atoms with Crippen molar-refractivity contribution in [1.82, 2.24) is 0 Å². The summed E-state index contributed by atoms with van der Waals surface area (Å²) in [6, 6.07) is 15.0. The third-order valence-electron chi connectivity index (χ3n) is 12.2. The van der Waals surface area contributed by atoms with Crippen LogP contribution in [-0.4, -0.2) is 89.8 Å². The van der Waals surface area contributed by atoms with E-state index in [2.05, 4.69) is 0 Å². The lowest BCUT2D eigenvalue weighted by molar-refractivity contribution is -0.218. The van der Waals surface area contributed by atoms with E-state index in [0.717, 1.165) is 54.6 Å². The Kier molecular flexibility index (Phi) is 8.49. The Labute approximate surface area is 354 Å². The van der Waals surface area contributed by atoms with Gasteiger partial charge in [0.1, 0.15) is 70.1 Å². The fourth-order valence-electron chi connectivity index (χ4n) is 9.31. The Morgan fingerprint density at radius 2 is 1.03 bits per heavy atom. The second-order valence-electron chi connectivity index (χ2n) is 15.9. The minimum absolute atomic E-state index is 0.0325. The third kappa shape index (κ3) is 5.68. The minimum Gasteiger partial charge on any atom is -0.508 e. The molecule has 0 aliphatic carbocycles. The van der Waals surface area contributed by atoms with Crippen LogP contribution in [0.25, 0.3) is 0 Å². The zero-order chi connectivity index (χ0) is 44.5. The number of rotatable bonds is 4. The Balaban J connectivity index is 1.23. The van der Waals surface area contributed by atoms with Crippen LogP contribution < -0.4 is 18.9 Å². The number of aliphatic hydroxyl groups excluding tert-OH is 3. The summed E-state index contributed by atoms with van der Waals surface area (Å²) in [7, 11) is 0. The number of aromatic hydroxyl groups is 11. The molecule has 0 aromatic heterocycles. The minimum atomic E-state index is -2.31. The van der Waals surface area contributed by atoms with Crippen molar-refractivity contribution in [2.75, 3.05) is 0 Å². The lowest BCUT2D eigenvalue weighted by atomic mass is 9.72.